The van der Waals surface area contributed by atoms with Crippen molar-refractivity contribution in [3.05, 3.63) is 29.3 Å². The van der Waals surface area contributed by atoms with Crippen molar-refractivity contribution >= 4 is 39.3 Å². The first-order valence-electron chi connectivity index (χ1n) is 3.99. The Labute approximate surface area is 103 Å². The number of halogens is 5. The van der Waals surface area contributed by atoms with E-state index in [0.29, 0.717) is 5.02 Å². The van der Waals surface area contributed by atoms with E-state index in [0.717, 1.165) is 16.7 Å². The van der Waals surface area contributed by atoms with Gasteiger partial charge in [-0.25, -0.2) is 0 Å². The maximum absolute atomic E-state index is 12.1. The number of rotatable bonds is 3. The van der Waals surface area contributed by atoms with Crippen molar-refractivity contribution in [3.63, 3.8) is 0 Å². The zero-order chi connectivity index (χ0) is 11.5. The molecular formula is C9H7BrClF3S. The molecule has 0 aliphatic heterocycles. The average Bonchev–Trinajstić information content (AvgIpc) is 2.12. The molecule has 0 saturated carbocycles. The van der Waals surface area contributed by atoms with Crippen LogP contribution in [0.3, 0.4) is 0 Å². The molecule has 0 heterocycles. The molecule has 0 amide bonds. The largest absolute Gasteiger partial charge is 0.402 e. The van der Waals surface area contributed by atoms with Gasteiger partial charge in [-0.2, -0.15) is 13.2 Å². The Balaban J connectivity index is 2.51. The van der Waals surface area contributed by atoms with Crippen molar-refractivity contribution in [1.82, 2.24) is 0 Å². The van der Waals surface area contributed by atoms with Crippen LogP contribution < -0.4 is 0 Å². The van der Waals surface area contributed by atoms with Crippen molar-refractivity contribution in [1.29, 1.82) is 0 Å². The van der Waals surface area contributed by atoms with E-state index in [2.05, 4.69) is 15.9 Å². The van der Waals surface area contributed by atoms with E-state index in [1.54, 1.807) is 24.3 Å². The van der Waals surface area contributed by atoms with E-state index >= 15 is 0 Å². The molecular weight excluding hydrogens is 313 g/mol. The SMILES string of the molecule is FC(F)(F)C(Br)CSc1cccc(Cl)c1. The predicted octanol–water partition coefficient (Wildman–Crippen LogP) is 4.76. The molecule has 1 aromatic carbocycles. The fraction of sp³-hybridized carbons (Fsp3) is 0.333. The summed E-state index contributed by atoms with van der Waals surface area (Å²) in [5.74, 6) is -0.0656. The normalized spacial score (nSPS) is 13.9. The van der Waals surface area contributed by atoms with Gasteiger partial charge in [0, 0.05) is 15.7 Å². The van der Waals surface area contributed by atoms with Crippen LogP contribution in [0, 0.1) is 0 Å². The van der Waals surface area contributed by atoms with Crippen LogP contribution >= 0.6 is 39.3 Å². The lowest BCUT2D eigenvalue weighted by atomic mass is 10.4. The molecule has 6 heteroatoms. The molecule has 0 aliphatic rings. The van der Waals surface area contributed by atoms with Crippen LogP contribution in [0.2, 0.25) is 5.02 Å². The van der Waals surface area contributed by atoms with Gasteiger partial charge in [0.2, 0.25) is 0 Å². The molecule has 1 unspecified atom stereocenters. The van der Waals surface area contributed by atoms with Crippen LogP contribution in [-0.2, 0) is 0 Å². The Bertz CT molecular complexity index is 329. The van der Waals surface area contributed by atoms with Gasteiger partial charge in [0.1, 0.15) is 4.83 Å². The fourth-order valence-corrected chi connectivity index (χ4v) is 2.38. The monoisotopic (exact) mass is 318 g/mol. The molecule has 0 radical (unpaired) electrons. The van der Waals surface area contributed by atoms with Gasteiger partial charge in [-0.15, -0.1) is 11.8 Å². The van der Waals surface area contributed by atoms with Crippen LogP contribution in [0.4, 0.5) is 13.2 Å². The zero-order valence-electron chi connectivity index (χ0n) is 7.39. The highest BCUT2D eigenvalue weighted by atomic mass is 79.9. The summed E-state index contributed by atoms with van der Waals surface area (Å²) in [5.41, 5.74) is 0. The number of hydrogen-bond acceptors (Lipinski definition) is 1. The smallest absolute Gasteiger partial charge is 0.170 e. The summed E-state index contributed by atoms with van der Waals surface area (Å²) in [6.07, 6.45) is -4.20. The Hall–Kier alpha value is 0.130. The Morgan fingerprint density at radius 2 is 2.07 bits per heavy atom. The van der Waals surface area contributed by atoms with Crippen LogP contribution in [-0.4, -0.2) is 16.8 Å². The molecule has 15 heavy (non-hydrogen) atoms. The standard InChI is InChI=1S/C9H7BrClF3S/c10-8(9(12,13)14)5-15-7-3-1-2-6(11)4-7/h1-4,8H,5H2. The van der Waals surface area contributed by atoms with Crippen LogP contribution in [0.25, 0.3) is 0 Å². The second-order valence-electron chi connectivity index (χ2n) is 2.78. The Morgan fingerprint density at radius 3 is 2.60 bits per heavy atom. The number of hydrogen-bond donors (Lipinski definition) is 0. The quantitative estimate of drug-likeness (QED) is 0.572. The summed E-state index contributed by atoms with van der Waals surface area (Å²) in [5, 5.41) is 0.526. The fourth-order valence-electron chi connectivity index (χ4n) is 0.821. The second kappa shape index (κ2) is 5.46. The minimum absolute atomic E-state index is 0.0656. The van der Waals surface area contributed by atoms with Gasteiger partial charge in [0.15, 0.2) is 0 Å². The molecule has 0 aliphatic carbocycles. The topological polar surface area (TPSA) is 0 Å². The van der Waals surface area contributed by atoms with Gasteiger partial charge < -0.3 is 0 Å². The Kier molecular flexibility index (Phi) is 4.80. The van der Waals surface area contributed by atoms with Gasteiger partial charge >= 0.3 is 6.18 Å². The van der Waals surface area contributed by atoms with Gasteiger partial charge in [0.25, 0.3) is 0 Å². The van der Waals surface area contributed by atoms with Crippen molar-refractivity contribution in [3.8, 4) is 0 Å². The molecule has 1 rings (SSSR count). The highest BCUT2D eigenvalue weighted by Gasteiger charge is 2.37. The van der Waals surface area contributed by atoms with Crippen LogP contribution in [0.1, 0.15) is 0 Å². The van der Waals surface area contributed by atoms with E-state index in [1.165, 1.54) is 0 Å². The lowest BCUT2D eigenvalue weighted by molar-refractivity contribution is -0.122. The van der Waals surface area contributed by atoms with E-state index < -0.39 is 11.0 Å². The molecule has 1 atom stereocenters. The van der Waals surface area contributed by atoms with Crippen molar-refractivity contribution in [2.45, 2.75) is 15.9 Å². The maximum Gasteiger partial charge on any atom is 0.402 e. The van der Waals surface area contributed by atoms with Gasteiger partial charge in [-0.05, 0) is 18.2 Å². The molecule has 0 bridgehead atoms. The van der Waals surface area contributed by atoms with E-state index in [9.17, 15) is 13.2 Å². The van der Waals surface area contributed by atoms with Crippen molar-refractivity contribution in [2.75, 3.05) is 5.75 Å². The van der Waals surface area contributed by atoms with Gasteiger partial charge in [-0.3, -0.25) is 0 Å². The minimum Gasteiger partial charge on any atom is -0.170 e. The lowest BCUT2D eigenvalue weighted by Gasteiger charge is -2.13. The molecule has 0 aromatic heterocycles. The van der Waals surface area contributed by atoms with E-state index in [1.807, 2.05) is 0 Å². The van der Waals surface area contributed by atoms with Gasteiger partial charge in [-0.1, -0.05) is 33.6 Å². The van der Waals surface area contributed by atoms with Crippen molar-refractivity contribution in [2.24, 2.45) is 0 Å². The third-order valence-electron chi connectivity index (χ3n) is 1.55. The molecule has 0 saturated heterocycles. The first-order valence-corrected chi connectivity index (χ1v) is 6.26. The van der Waals surface area contributed by atoms with Crippen LogP contribution in [0.5, 0.6) is 0 Å². The summed E-state index contributed by atoms with van der Waals surface area (Å²) in [6.45, 7) is 0. The predicted molar refractivity (Wildman–Crippen MR) is 60.9 cm³/mol. The number of thioether (sulfide) groups is 1. The highest BCUT2D eigenvalue weighted by molar-refractivity contribution is 9.09. The van der Waals surface area contributed by atoms with Crippen LogP contribution in [0.15, 0.2) is 29.2 Å². The molecule has 0 fully saturated rings. The first kappa shape index (κ1) is 13.2. The molecule has 84 valence electrons. The third kappa shape index (κ3) is 4.66. The molecule has 0 N–H and O–H groups in total. The van der Waals surface area contributed by atoms with Gasteiger partial charge in [0.05, 0.1) is 0 Å². The Morgan fingerprint density at radius 1 is 1.40 bits per heavy atom. The summed E-state index contributed by atoms with van der Waals surface area (Å²) in [4.78, 5) is -0.759. The van der Waals surface area contributed by atoms with Crippen molar-refractivity contribution < 1.29 is 13.2 Å². The summed E-state index contributed by atoms with van der Waals surface area (Å²) in [6, 6.07) is 6.76. The lowest BCUT2D eigenvalue weighted by Crippen LogP contribution is -2.24. The maximum atomic E-state index is 12.1. The second-order valence-corrected chi connectivity index (χ2v) is 5.41. The highest BCUT2D eigenvalue weighted by Crippen LogP contribution is 2.32. The number of benzene rings is 1. The molecule has 1 aromatic rings. The molecule has 0 nitrogen and oxygen atoms in total. The minimum atomic E-state index is -4.20. The third-order valence-corrected chi connectivity index (χ3v) is 4.14. The summed E-state index contributed by atoms with van der Waals surface area (Å²) < 4.78 is 36.4. The zero-order valence-corrected chi connectivity index (χ0v) is 10.6. The molecule has 0 spiro atoms. The van der Waals surface area contributed by atoms with E-state index in [-0.39, 0.29) is 5.75 Å². The summed E-state index contributed by atoms with van der Waals surface area (Å²) in [7, 11) is 0. The summed E-state index contributed by atoms with van der Waals surface area (Å²) >= 11 is 9.42. The number of alkyl halides is 4. The average molecular weight is 320 g/mol. The van der Waals surface area contributed by atoms with E-state index in [4.69, 9.17) is 11.6 Å². The first-order chi connectivity index (χ1) is 6.89.